The molecule has 6 heteroatoms. The fraction of sp³-hybridized carbons (Fsp3) is 0.154. The minimum Gasteiger partial charge on any atom is -0.322 e. The zero-order chi connectivity index (χ0) is 22.5. The Balaban J connectivity index is 0.00000119. The first-order valence-electron chi connectivity index (χ1n) is 10.6. The molecule has 4 nitrogen and oxygen atoms in total. The number of fused-ring (bicyclic) bond motifs is 1. The molecular weight excluding hydrogens is 421 g/mol. The molecule has 4 aromatic rings. The Morgan fingerprint density at radius 3 is 2.56 bits per heavy atom. The molecule has 0 aliphatic carbocycles. The zero-order valence-electron chi connectivity index (χ0n) is 18.0. The average Bonchev–Trinajstić information content (AvgIpc) is 2.79. The standard InChI is InChI=1S/C24H18FN3OS.C2H6/c25-21-15-19(28-12-13-30-28)9-10-20(21)24(29)26-18-6-3-5-17(14-18)23-11-8-16-4-1-2-7-22(16)27-23;1-2/h1-11,14-15H,12-13H2,(H,26,29);1-2H3. The van der Waals surface area contributed by atoms with Crippen LogP contribution in [-0.4, -0.2) is 23.2 Å². The van der Waals surface area contributed by atoms with E-state index in [9.17, 15) is 9.18 Å². The molecule has 0 radical (unpaired) electrons. The van der Waals surface area contributed by atoms with Gasteiger partial charge in [-0.15, -0.1) is 0 Å². The lowest BCUT2D eigenvalue weighted by molar-refractivity contribution is 0.102. The average molecular weight is 446 g/mol. The van der Waals surface area contributed by atoms with Gasteiger partial charge in [-0.2, -0.15) is 0 Å². The number of benzene rings is 3. The first-order chi connectivity index (χ1) is 15.7. The minimum atomic E-state index is -0.523. The van der Waals surface area contributed by atoms with Crippen molar-refractivity contribution in [2.24, 2.45) is 0 Å². The van der Waals surface area contributed by atoms with Crippen LogP contribution in [0.3, 0.4) is 0 Å². The number of carbonyl (C=O) groups excluding carboxylic acids is 1. The smallest absolute Gasteiger partial charge is 0.258 e. The highest BCUT2D eigenvalue weighted by Gasteiger charge is 2.19. The van der Waals surface area contributed by atoms with Crippen LogP contribution in [0, 0.1) is 5.82 Å². The van der Waals surface area contributed by atoms with Crippen LogP contribution in [0.5, 0.6) is 0 Å². The van der Waals surface area contributed by atoms with Crippen LogP contribution in [0.15, 0.2) is 78.9 Å². The molecular formula is C26H24FN3OS. The highest BCUT2D eigenvalue weighted by molar-refractivity contribution is 8.02. The fourth-order valence-electron chi connectivity index (χ4n) is 3.41. The van der Waals surface area contributed by atoms with Crippen LogP contribution in [0.25, 0.3) is 22.2 Å². The van der Waals surface area contributed by atoms with E-state index in [1.54, 1.807) is 24.1 Å². The molecule has 3 aromatic carbocycles. The van der Waals surface area contributed by atoms with Gasteiger partial charge in [0.15, 0.2) is 0 Å². The van der Waals surface area contributed by atoms with E-state index in [4.69, 9.17) is 4.98 Å². The molecule has 32 heavy (non-hydrogen) atoms. The van der Waals surface area contributed by atoms with E-state index in [1.807, 2.05) is 72.7 Å². The third-order valence-corrected chi connectivity index (χ3v) is 6.11. The molecule has 1 aliphatic rings. The third-order valence-electron chi connectivity index (χ3n) is 5.04. The SMILES string of the molecule is CC.O=C(Nc1cccc(-c2ccc3ccccc3n2)c1)c1ccc(N2CCS2)cc1F. The minimum absolute atomic E-state index is 0.0264. The summed E-state index contributed by atoms with van der Waals surface area (Å²) in [6, 6.07) is 24.0. The van der Waals surface area contributed by atoms with E-state index in [0.29, 0.717) is 5.69 Å². The van der Waals surface area contributed by atoms with Gasteiger partial charge in [0.1, 0.15) is 5.82 Å². The lowest BCUT2D eigenvalue weighted by Gasteiger charge is -2.31. The quantitative estimate of drug-likeness (QED) is 0.351. The molecule has 0 atom stereocenters. The molecule has 162 valence electrons. The molecule has 1 fully saturated rings. The van der Waals surface area contributed by atoms with Crippen molar-refractivity contribution >= 4 is 40.1 Å². The normalized spacial score (nSPS) is 12.5. The van der Waals surface area contributed by atoms with Crippen LogP contribution in [0.2, 0.25) is 0 Å². The number of amides is 1. The fourth-order valence-corrected chi connectivity index (χ4v) is 4.04. The monoisotopic (exact) mass is 445 g/mol. The van der Waals surface area contributed by atoms with E-state index >= 15 is 0 Å². The van der Waals surface area contributed by atoms with Gasteiger partial charge in [-0.05, 0) is 54.4 Å². The van der Waals surface area contributed by atoms with Gasteiger partial charge in [0.25, 0.3) is 5.91 Å². The summed E-state index contributed by atoms with van der Waals surface area (Å²) in [5, 5.41) is 3.87. The Kier molecular flexibility index (Phi) is 6.71. The van der Waals surface area contributed by atoms with Gasteiger partial charge in [-0.25, -0.2) is 9.37 Å². The number of pyridine rings is 1. The molecule has 1 amide bonds. The largest absolute Gasteiger partial charge is 0.322 e. The maximum atomic E-state index is 14.5. The van der Waals surface area contributed by atoms with Crippen molar-refractivity contribution < 1.29 is 9.18 Å². The summed E-state index contributed by atoms with van der Waals surface area (Å²) >= 11 is 1.64. The second-order valence-corrected chi connectivity index (χ2v) is 8.13. The highest BCUT2D eigenvalue weighted by atomic mass is 32.2. The van der Waals surface area contributed by atoms with Crippen LogP contribution < -0.4 is 9.62 Å². The Morgan fingerprint density at radius 1 is 1.00 bits per heavy atom. The molecule has 1 aromatic heterocycles. The number of para-hydroxylation sites is 1. The summed E-state index contributed by atoms with van der Waals surface area (Å²) < 4.78 is 16.5. The molecule has 1 aliphatic heterocycles. The summed E-state index contributed by atoms with van der Waals surface area (Å²) in [5.41, 5.74) is 4.00. The molecule has 1 N–H and O–H groups in total. The van der Waals surface area contributed by atoms with Crippen molar-refractivity contribution in [1.82, 2.24) is 4.98 Å². The summed E-state index contributed by atoms with van der Waals surface area (Å²) in [5.74, 6) is 0.0375. The van der Waals surface area contributed by atoms with Gasteiger partial charge in [0.05, 0.1) is 16.8 Å². The number of hydrogen-bond acceptors (Lipinski definition) is 4. The highest BCUT2D eigenvalue weighted by Crippen LogP contribution is 2.31. The van der Waals surface area contributed by atoms with Crippen molar-refractivity contribution in [3.8, 4) is 11.3 Å². The third kappa shape index (κ3) is 4.60. The maximum Gasteiger partial charge on any atom is 0.258 e. The number of nitrogens with zero attached hydrogens (tertiary/aromatic N) is 2. The number of halogens is 1. The van der Waals surface area contributed by atoms with Crippen molar-refractivity contribution in [2.45, 2.75) is 13.8 Å². The Labute approximate surface area is 191 Å². The molecule has 5 rings (SSSR count). The van der Waals surface area contributed by atoms with Crippen LogP contribution in [-0.2, 0) is 0 Å². The maximum absolute atomic E-state index is 14.5. The molecule has 2 heterocycles. The van der Waals surface area contributed by atoms with Crippen LogP contribution >= 0.6 is 11.9 Å². The van der Waals surface area contributed by atoms with E-state index in [2.05, 4.69) is 5.32 Å². The van der Waals surface area contributed by atoms with Crippen molar-refractivity contribution in [3.63, 3.8) is 0 Å². The summed E-state index contributed by atoms with van der Waals surface area (Å²) in [6.07, 6.45) is 0. The van der Waals surface area contributed by atoms with E-state index in [1.165, 1.54) is 12.1 Å². The van der Waals surface area contributed by atoms with Crippen molar-refractivity contribution in [1.29, 1.82) is 0 Å². The van der Waals surface area contributed by atoms with Gasteiger partial charge in [0.2, 0.25) is 0 Å². The number of aromatic nitrogens is 1. The first-order valence-corrected chi connectivity index (χ1v) is 11.6. The van der Waals surface area contributed by atoms with E-state index in [0.717, 1.165) is 40.1 Å². The number of nitrogens with one attached hydrogen (secondary N) is 1. The van der Waals surface area contributed by atoms with Gasteiger partial charge in [-0.3, -0.25) is 4.79 Å². The number of rotatable bonds is 4. The second-order valence-electron chi connectivity index (χ2n) is 7.02. The van der Waals surface area contributed by atoms with Crippen molar-refractivity contribution in [2.75, 3.05) is 21.9 Å². The second kappa shape index (κ2) is 9.83. The van der Waals surface area contributed by atoms with Gasteiger partial charge < -0.3 is 9.62 Å². The summed E-state index contributed by atoms with van der Waals surface area (Å²) in [4.78, 5) is 17.3. The Morgan fingerprint density at radius 2 is 1.81 bits per heavy atom. The molecule has 0 saturated carbocycles. The molecule has 0 unspecified atom stereocenters. The van der Waals surface area contributed by atoms with Gasteiger partial charge in [0, 0.05) is 34.6 Å². The lowest BCUT2D eigenvalue weighted by atomic mass is 10.1. The first kappa shape index (κ1) is 21.8. The van der Waals surface area contributed by atoms with Gasteiger partial charge >= 0.3 is 0 Å². The number of anilines is 2. The molecule has 0 spiro atoms. The molecule has 0 bridgehead atoms. The number of carbonyl (C=O) groups is 1. The van der Waals surface area contributed by atoms with Gasteiger partial charge in [-0.1, -0.05) is 50.2 Å². The summed E-state index contributed by atoms with van der Waals surface area (Å²) in [7, 11) is 0. The van der Waals surface area contributed by atoms with Crippen molar-refractivity contribution in [3.05, 3.63) is 90.2 Å². The van der Waals surface area contributed by atoms with E-state index in [-0.39, 0.29) is 5.56 Å². The van der Waals surface area contributed by atoms with Crippen LogP contribution in [0.4, 0.5) is 15.8 Å². The predicted octanol–water partition coefficient (Wildman–Crippen LogP) is 6.79. The van der Waals surface area contributed by atoms with Crippen LogP contribution in [0.1, 0.15) is 24.2 Å². The Hall–Kier alpha value is -3.38. The Bertz CT molecular complexity index is 1260. The topological polar surface area (TPSA) is 45.2 Å². The van der Waals surface area contributed by atoms with E-state index < -0.39 is 11.7 Å². The number of hydrogen-bond donors (Lipinski definition) is 1. The lowest BCUT2D eigenvalue weighted by Crippen LogP contribution is -2.29. The predicted molar refractivity (Wildman–Crippen MR) is 133 cm³/mol. The summed E-state index contributed by atoms with van der Waals surface area (Å²) in [6.45, 7) is 4.89. The zero-order valence-corrected chi connectivity index (χ0v) is 18.8. The molecule has 1 saturated heterocycles.